The minimum absolute atomic E-state index is 0.0535. The molecule has 0 radical (unpaired) electrons. The molecule has 0 saturated heterocycles. The maximum atomic E-state index is 10.6. The van der Waals surface area contributed by atoms with Gasteiger partial charge in [-0.15, -0.1) is 0 Å². The zero-order valence-corrected chi connectivity index (χ0v) is 6.66. The van der Waals surface area contributed by atoms with Gasteiger partial charge < -0.3 is 14.6 Å². The van der Waals surface area contributed by atoms with Gasteiger partial charge in [-0.25, -0.2) is 0 Å². The molecule has 0 bridgehead atoms. The van der Waals surface area contributed by atoms with E-state index in [1.54, 1.807) is 0 Å². The van der Waals surface area contributed by atoms with Gasteiger partial charge in [0.1, 0.15) is 6.29 Å². The van der Waals surface area contributed by atoms with Crippen LogP contribution in [0.15, 0.2) is 0 Å². The lowest BCUT2D eigenvalue weighted by Crippen LogP contribution is -2.28. The Morgan fingerprint density at radius 2 is 2.27 bits per heavy atom. The summed E-state index contributed by atoms with van der Waals surface area (Å²) in [4.78, 5) is 20.6. The molecular formula is C7H12O4. The molecule has 0 rings (SSSR count). The number of aldehydes is 1. The van der Waals surface area contributed by atoms with Gasteiger partial charge in [-0.05, 0) is 6.92 Å². The topological polar surface area (TPSA) is 63.6 Å². The maximum absolute atomic E-state index is 10.6. The van der Waals surface area contributed by atoms with Gasteiger partial charge in [-0.2, -0.15) is 0 Å². The summed E-state index contributed by atoms with van der Waals surface area (Å²) in [5.74, 6) is -0.517. The molecule has 11 heavy (non-hydrogen) atoms. The zero-order chi connectivity index (χ0) is 8.91. The van der Waals surface area contributed by atoms with E-state index in [1.165, 1.54) is 14.0 Å². The highest BCUT2D eigenvalue weighted by Gasteiger charge is 2.23. The third-order valence-electron chi connectivity index (χ3n) is 1.28. The van der Waals surface area contributed by atoms with E-state index in [2.05, 4.69) is 4.74 Å². The van der Waals surface area contributed by atoms with Crippen molar-refractivity contribution in [2.24, 2.45) is 0 Å². The van der Waals surface area contributed by atoms with Crippen molar-refractivity contribution in [3.05, 3.63) is 0 Å². The van der Waals surface area contributed by atoms with Crippen LogP contribution >= 0.6 is 0 Å². The Morgan fingerprint density at radius 1 is 1.73 bits per heavy atom. The van der Waals surface area contributed by atoms with Gasteiger partial charge in [0.15, 0.2) is 0 Å². The molecule has 0 aliphatic carbocycles. The fourth-order valence-corrected chi connectivity index (χ4v) is 0.635. The molecule has 0 aromatic carbocycles. The summed E-state index contributed by atoms with van der Waals surface area (Å²) in [7, 11) is 1.24. The SMILES string of the molecule is COC(=O)CC(C)(O)CC=O. The third kappa shape index (κ3) is 4.50. The predicted molar refractivity (Wildman–Crippen MR) is 37.9 cm³/mol. The zero-order valence-electron chi connectivity index (χ0n) is 6.66. The van der Waals surface area contributed by atoms with Crippen molar-refractivity contribution in [2.45, 2.75) is 25.4 Å². The van der Waals surface area contributed by atoms with Crippen LogP contribution in [0.2, 0.25) is 0 Å². The van der Waals surface area contributed by atoms with Crippen molar-refractivity contribution in [3.8, 4) is 0 Å². The molecule has 1 atom stereocenters. The first-order valence-electron chi connectivity index (χ1n) is 3.24. The van der Waals surface area contributed by atoms with Gasteiger partial charge in [0.05, 0.1) is 19.1 Å². The third-order valence-corrected chi connectivity index (χ3v) is 1.28. The molecule has 1 N–H and O–H groups in total. The number of esters is 1. The van der Waals surface area contributed by atoms with Crippen LogP contribution in [0, 0.1) is 0 Å². The van der Waals surface area contributed by atoms with Crippen molar-refractivity contribution in [3.63, 3.8) is 0 Å². The van der Waals surface area contributed by atoms with E-state index < -0.39 is 11.6 Å². The van der Waals surface area contributed by atoms with Crippen LogP contribution in [0.1, 0.15) is 19.8 Å². The van der Waals surface area contributed by atoms with Gasteiger partial charge in [0.2, 0.25) is 0 Å². The van der Waals surface area contributed by atoms with Crippen LogP contribution in [-0.2, 0) is 14.3 Å². The van der Waals surface area contributed by atoms with Crippen molar-refractivity contribution in [1.29, 1.82) is 0 Å². The fraction of sp³-hybridized carbons (Fsp3) is 0.714. The highest BCUT2D eigenvalue weighted by atomic mass is 16.5. The molecule has 0 aliphatic rings. The summed E-state index contributed by atoms with van der Waals surface area (Å²) >= 11 is 0. The van der Waals surface area contributed by atoms with Crippen LogP contribution < -0.4 is 0 Å². The molecule has 0 aliphatic heterocycles. The molecular weight excluding hydrogens is 148 g/mol. The molecule has 1 unspecified atom stereocenters. The van der Waals surface area contributed by atoms with Crippen molar-refractivity contribution >= 4 is 12.3 Å². The summed E-state index contributed by atoms with van der Waals surface area (Å²) in [5, 5.41) is 9.28. The van der Waals surface area contributed by atoms with Crippen LogP contribution in [0.25, 0.3) is 0 Å². The largest absolute Gasteiger partial charge is 0.469 e. The van der Waals surface area contributed by atoms with Crippen LogP contribution in [-0.4, -0.2) is 30.1 Å². The number of methoxy groups -OCH3 is 1. The summed E-state index contributed by atoms with van der Waals surface area (Å²) in [6, 6.07) is 0. The standard InChI is InChI=1S/C7H12O4/c1-7(10,3-4-8)5-6(9)11-2/h4,10H,3,5H2,1-2H3. The summed E-state index contributed by atoms with van der Waals surface area (Å²) < 4.78 is 4.32. The van der Waals surface area contributed by atoms with E-state index in [-0.39, 0.29) is 12.8 Å². The molecule has 0 spiro atoms. The van der Waals surface area contributed by atoms with Crippen LogP contribution in [0.4, 0.5) is 0 Å². The molecule has 0 heterocycles. The molecule has 0 saturated carbocycles. The first-order valence-corrected chi connectivity index (χ1v) is 3.24. The minimum Gasteiger partial charge on any atom is -0.469 e. The summed E-state index contributed by atoms with van der Waals surface area (Å²) in [5.41, 5.74) is -1.27. The first-order chi connectivity index (χ1) is 5.02. The van der Waals surface area contributed by atoms with E-state index in [0.29, 0.717) is 6.29 Å². The smallest absolute Gasteiger partial charge is 0.308 e. The summed E-state index contributed by atoms with van der Waals surface area (Å²) in [6.45, 7) is 1.42. The average molecular weight is 160 g/mol. The Kier molecular flexibility index (Phi) is 3.74. The van der Waals surface area contributed by atoms with Crippen molar-refractivity contribution < 1.29 is 19.4 Å². The number of hydrogen-bond donors (Lipinski definition) is 1. The summed E-state index contributed by atoms with van der Waals surface area (Å²) in [6.07, 6.45) is 0.368. The number of aliphatic hydroxyl groups is 1. The van der Waals surface area contributed by atoms with Crippen LogP contribution in [0.5, 0.6) is 0 Å². The number of hydrogen-bond acceptors (Lipinski definition) is 4. The van der Waals surface area contributed by atoms with Gasteiger partial charge in [-0.1, -0.05) is 0 Å². The normalized spacial score (nSPS) is 15.2. The Morgan fingerprint density at radius 3 is 2.64 bits per heavy atom. The van der Waals surface area contributed by atoms with E-state index in [1.807, 2.05) is 0 Å². The number of ether oxygens (including phenoxy) is 1. The molecule has 0 fully saturated rings. The monoisotopic (exact) mass is 160 g/mol. The lowest BCUT2D eigenvalue weighted by Gasteiger charge is -2.17. The second kappa shape index (κ2) is 4.08. The van der Waals surface area contributed by atoms with E-state index in [0.717, 1.165) is 0 Å². The molecule has 4 nitrogen and oxygen atoms in total. The van der Waals surface area contributed by atoms with Gasteiger partial charge in [-0.3, -0.25) is 4.79 Å². The molecule has 64 valence electrons. The quantitative estimate of drug-likeness (QED) is 0.460. The van der Waals surface area contributed by atoms with Crippen LogP contribution in [0.3, 0.4) is 0 Å². The maximum Gasteiger partial charge on any atom is 0.308 e. The molecule has 4 heteroatoms. The van der Waals surface area contributed by atoms with Gasteiger partial charge >= 0.3 is 5.97 Å². The lowest BCUT2D eigenvalue weighted by atomic mass is 9.99. The highest BCUT2D eigenvalue weighted by Crippen LogP contribution is 2.12. The Bertz CT molecular complexity index is 151. The Balaban J connectivity index is 3.89. The molecule has 0 aromatic heterocycles. The van der Waals surface area contributed by atoms with Gasteiger partial charge in [0, 0.05) is 6.42 Å². The van der Waals surface area contributed by atoms with E-state index in [9.17, 15) is 14.7 Å². The van der Waals surface area contributed by atoms with Gasteiger partial charge in [0.25, 0.3) is 0 Å². The second-order valence-corrected chi connectivity index (χ2v) is 2.62. The first kappa shape index (κ1) is 10.1. The Labute approximate surface area is 65.2 Å². The number of carbonyl (C=O) groups is 2. The second-order valence-electron chi connectivity index (χ2n) is 2.62. The predicted octanol–water partition coefficient (Wildman–Crippen LogP) is -0.111. The Hall–Kier alpha value is -0.900. The number of rotatable bonds is 4. The average Bonchev–Trinajstić information content (AvgIpc) is 1.86. The highest BCUT2D eigenvalue weighted by molar-refractivity contribution is 5.71. The lowest BCUT2D eigenvalue weighted by molar-refractivity contribution is -0.145. The minimum atomic E-state index is -1.27. The number of carbonyl (C=O) groups excluding carboxylic acids is 2. The van der Waals surface area contributed by atoms with Crippen molar-refractivity contribution in [1.82, 2.24) is 0 Å². The van der Waals surface area contributed by atoms with E-state index >= 15 is 0 Å². The van der Waals surface area contributed by atoms with Crippen molar-refractivity contribution in [2.75, 3.05) is 7.11 Å². The fourth-order valence-electron chi connectivity index (χ4n) is 0.635. The molecule has 0 amide bonds. The molecule has 0 aromatic rings. The van der Waals surface area contributed by atoms with E-state index in [4.69, 9.17) is 0 Å².